The summed E-state index contributed by atoms with van der Waals surface area (Å²) in [6.45, 7) is 14.7. The number of hydrogen-bond acceptors (Lipinski definition) is 15. The van der Waals surface area contributed by atoms with E-state index < -0.39 is 29.7 Å². The molecule has 0 spiro atoms. The number of nitrogen functional groups attached to an aromatic ring is 1. The van der Waals surface area contributed by atoms with Crippen molar-refractivity contribution in [1.82, 2.24) is 51.2 Å². The Kier molecular flexibility index (Phi) is 24.2. The SMILES string of the molecule is CCCCc1nc2c(N)nnc(OC(C)C)c2n1CC1CCC(CNC(=O)[C@H](C)NC(=O)C(NC(=O)CCCC(=O)NCCOCCOCCOCCNC(=O)CCN2C(=O)C=CC2=O)=C(C)C)CC1. The fourth-order valence-corrected chi connectivity index (χ4v) is 7.85. The number of aromatic nitrogens is 4. The first-order chi connectivity index (χ1) is 33.6. The zero-order valence-electron chi connectivity index (χ0n) is 41.8. The van der Waals surface area contributed by atoms with Crippen LogP contribution >= 0.6 is 0 Å². The summed E-state index contributed by atoms with van der Waals surface area (Å²) in [5, 5.41) is 22.2. The quantitative estimate of drug-likeness (QED) is 0.0348. The molecular formula is C48H75N11O11. The van der Waals surface area contributed by atoms with Gasteiger partial charge in [0.2, 0.25) is 23.6 Å². The summed E-state index contributed by atoms with van der Waals surface area (Å²) in [5.74, 6) is -0.311. The summed E-state index contributed by atoms with van der Waals surface area (Å²) in [6, 6.07) is -0.843. The lowest BCUT2D eigenvalue weighted by molar-refractivity contribution is -0.137. The minimum atomic E-state index is -0.843. The Hall–Kier alpha value is -6.00. The molecule has 0 aromatic carbocycles. The van der Waals surface area contributed by atoms with Crippen molar-refractivity contribution in [2.75, 3.05) is 71.6 Å². The number of carbonyl (C=O) groups is 7. The highest BCUT2D eigenvalue weighted by Crippen LogP contribution is 2.34. The van der Waals surface area contributed by atoms with E-state index in [9.17, 15) is 33.6 Å². The maximum atomic E-state index is 13.2. The zero-order chi connectivity index (χ0) is 51.0. The zero-order valence-corrected chi connectivity index (χ0v) is 41.8. The molecule has 1 fully saturated rings. The Morgan fingerprint density at radius 2 is 1.36 bits per heavy atom. The van der Waals surface area contributed by atoms with Crippen molar-refractivity contribution < 1.29 is 52.5 Å². The second-order valence-corrected chi connectivity index (χ2v) is 18.0. The Labute approximate surface area is 410 Å². The number of imidazole rings is 1. The van der Waals surface area contributed by atoms with Crippen LogP contribution < -0.4 is 37.1 Å². The van der Waals surface area contributed by atoms with Gasteiger partial charge in [-0.15, -0.1) is 10.2 Å². The van der Waals surface area contributed by atoms with Crippen LogP contribution in [-0.2, 0) is 60.7 Å². The van der Waals surface area contributed by atoms with Gasteiger partial charge in [-0.2, -0.15) is 0 Å². The van der Waals surface area contributed by atoms with Gasteiger partial charge in [-0.05, 0) is 90.6 Å². The third-order valence-electron chi connectivity index (χ3n) is 11.7. The molecule has 2 aromatic heterocycles. The van der Waals surface area contributed by atoms with E-state index in [1.165, 1.54) is 12.2 Å². The molecule has 0 unspecified atom stereocenters. The number of anilines is 1. The predicted octanol–water partition coefficient (Wildman–Crippen LogP) is 2.14. The summed E-state index contributed by atoms with van der Waals surface area (Å²) in [7, 11) is 0. The van der Waals surface area contributed by atoms with Crippen LogP contribution in [0.3, 0.4) is 0 Å². The summed E-state index contributed by atoms with van der Waals surface area (Å²) in [5.41, 5.74) is 8.28. The normalized spacial score (nSPS) is 16.1. The van der Waals surface area contributed by atoms with Crippen molar-refractivity contribution in [2.45, 2.75) is 131 Å². The number of aryl methyl sites for hydroxylation is 1. The van der Waals surface area contributed by atoms with Gasteiger partial charge in [-0.1, -0.05) is 13.3 Å². The van der Waals surface area contributed by atoms with Crippen molar-refractivity contribution in [3.05, 3.63) is 29.2 Å². The molecule has 1 atom stereocenters. The number of nitrogens with zero attached hydrogens (tertiary/aromatic N) is 5. The van der Waals surface area contributed by atoms with Gasteiger partial charge in [0.05, 0.1) is 45.7 Å². The number of hydrogen-bond donors (Lipinski definition) is 6. The molecule has 4 rings (SSSR count). The Morgan fingerprint density at radius 1 is 0.771 bits per heavy atom. The van der Waals surface area contributed by atoms with Crippen molar-refractivity contribution in [1.29, 1.82) is 0 Å². The maximum absolute atomic E-state index is 13.2. The number of imide groups is 1. The number of carbonyl (C=O) groups excluding carboxylic acids is 7. The highest BCUT2D eigenvalue weighted by atomic mass is 16.5. The van der Waals surface area contributed by atoms with Gasteiger partial charge in [0.1, 0.15) is 28.6 Å². The molecule has 1 aliphatic heterocycles. The third kappa shape index (κ3) is 19.1. The monoisotopic (exact) mass is 982 g/mol. The lowest BCUT2D eigenvalue weighted by atomic mass is 9.82. The topological polar surface area (TPSA) is 289 Å². The smallest absolute Gasteiger partial charge is 0.268 e. The van der Waals surface area contributed by atoms with Crippen LogP contribution in [0.2, 0.25) is 0 Å². The fourth-order valence-electron chi connectivity index (χ4n) is 7.85. The third-order valence-corrected chi connectivity index (χ3v) is 11.7. The van der Waals surface area contributed by atoms with E-state index in [1.807, 2.05) is 13.8 Å². The Morgan fingerprint density at radius 3 is 1.96 bits per heavy atom. The number of amides is 7. The average Bonchev–Trinajstić information content (AvgIpc) is 3.85. The summed E-state index contributed by atoms with van der Waals surface area (Å²) < 4.78 is 24.6. The minimum Gasteiger partial charge on any atom is -0.472 e. The van der Waals surface area contributed by atoms with Gasteiger partial charge >= 0.3 is 0 Å². The molecule has 70 heavy (non-hydrogen) atoms. The van der Waals surface area contributed by atoms with Crippen molar-refractivity contribution in [3.63, 3.8) is 0 Å². The number of allylic oxidation sites excluding steroid dienone is 1. The van der Waals surface area contributed by atoms with Crippen LogP contribution in [0.1, 0.15) is 112 Å². The van der Waals surface area contributed by atoms with Crippen molar-refractivity contribution in [2.24, 2.45) is 11.8 Å². The molecule has 1 aliphatic carbocycles. The van der Waals surface area contributed by atoms with E-state index in [1.54, 1.807) is 20.8 Å². The van der Waals surface area contributed by atoms with E-state index >= 15 is 0 Å². The molecule has 3 heterocycles. The number of nitrogens with two attached hydrogens (primary N) is 1. The molecule has 0 radical (unpaired) electrons. The van der Waals surface area contributed by atoms with Crippen LogP contribution in [0.25, 0.3) is 11.0 Å². The van der Waals surface area contributed by atoms with E-state index in [4.69, 9.17) is 29.7 Å². The molecule has 22 heteroatoms. The van der Waals surface area contributed by atoms with E-state index in [0.717, 1.165) is 67.7 Å². The first-order valence-corrected chi connectivity index (χ1v) is 24.6. The lowest BCUT2D eigenvalue weighted by Crippen LogP contribution is -2.48. The van der Waals surface area contributed by atoms with Crippen LogP contribution in [0.4, 0.5) is 5.82 Å². The van der Waals surface area contributed by atoms with Gasteiger partial charge in [0.25, 0.3) is 23.6 Å². The molecular weight excluding hydrogens is 907 g/mol. The number of nitrogens with one attached hydrogen (secondary N) is 5. The highest BCUT2D eigenvalue weighted by Gasteiger charge is 2.28. The van der Waals surface area contributed by atoms with E-state index in [-0.39, 0.29) is 93.9 Å². The van der Waals surface area contributed by atoms with Crippen LogP contribution in [0.15, 0.2) is 23.4 Å². The maximum Gasteiger partial charge on any atom is 0.268 e. The van der Waals surface area contributed by atoms with Gasteiger partial charge in [-0.25, -0.2) is 4.98 Å². The summed E-state index contributed by atoms with van der Waals surface area (Å²) >= 11 is 0. The number of fused-ring (bicyclic) bond motifs is 1. The minimum absolute atomic E-state index is 0.0146. The Balaban J connectivity index is 1.02. The van der Waals surface area contributed by atoms with Crippen molar-refractivity contribution >= 4 is 58.2 Å². The Bertz CT molecular complexity index is 2130. The molecule has 0 bridgehead atoms. The number of ether oxygens (including phenoxy) is 4. The number of unbranched alkanes of at least 4 members (excludes halogenated alkanes) is 1. The van der Waals surface area contributed by atoms with E-state index in [2.05, 4.69) is 48.3 Å². The highest BCUT2D eigenvalue weighted by molar-refractivity contribution is 6.13. The molecule has 7 N–H and O–H groups in total. The lowest BCUT2D eigenvalue weighted by Gasteiger charge is -2.30. The van der Waals surface area contributed by atoms with Crippen LogP contribution in [-0.4, -0.2) is 144 Å². The van der Waals surface area contributed by atoms with E-state index in [0.29, 0.717) is 61.8 Å². The first-order valence-electron chi connectivity index (χ1n) is 24.6. The summed E-state index contributed by atoms with van der Waals surface area (Å²) in [4.78, 5) is 92.3. The van der Waals surface area contributed by atoms with Gasteiger partial charge < -0.3 is 55.8 Å². The van der Waals surface area contributed by atoms with Gasteiger partial charge in [0, 0.05) is 70.6 Å². The van der Waals surface area contributed by atoms with Crippen molar-refractivity contribution in [3.8, 4) is 5.88 Å². The number of rotatable bonds is 32. The largest absolute Gasteiger partial charge is 0.472 e. The fraction of sp³-hybridized carbons (Fsp3) is 0.667. The summed E-state index contributed by atoms with van der Waals surface area (Å²) in [6.07, 6.45) is 9.33. The van der Waals surface area contributed by atoms with Gasteiger partial charge in [0.15, 0.2) is 5.82 Å². The standard InChI is InChI=1S/C48H75N11O11/c1-7-8-10-36-54-43-44(48(70-32(4)5)57-56-45(43)49)59(36)30-35-15-13-34(14-16-35)29-52-46(65)33(6)53-47(66)42(31(2)3)55-39(62)12-9-11-37(60)50-20-23-67-25-27-69-28-26-68-24-21-51-38(61)19-22-58-40(63)17-18-41(58)64/h17-18,32-35H,7-16,19-30H2,1-6H3,(H2,49,56)(H,50,60)(H,51,61)(H,52,65)(H,53,66)(H,55,62)/t33-,34?,35?/m0/s1. The molecule has 2 aliphatic rings. The molecule has 1 saturated carbocycles. The van der Waals surface area contributed by atoms with Crippen LogP contribution in [0.5, 0.6) is 5.88 Å². The molecule has 388 valence electrons. The average molecular weight is 982 g/mol. The molecule has 0 saturated heterocycles. The van der Waals surface area contributed by atoms with Crippen LogP contribution in [0, 0.1) is 11.8 Å². The predicted molar refractivity (Wildman–Crippen MR) is 259 cm³/mol. The molecule has 7 amide bonds. The second kappa shape index (κ2) is 29.9. The second-order valence-electron chi connectivity index (χ2n) is 18.0. The van der Waals surface area contributed by atoms with Gasteiger partial charge in [-0.3, -0.25) is 38.5 Å². The molecule has 22 nitrogen and oxygen atoms in total. The first kappa shape index (κ1) is 56.6. The molecule has 2 aromatic rings.